The second-order valence-corrected chi connectivity index (χ2v) is 5.50. The zero-order chi connectivity index (χ0) is 15.0. The third kappa shape index (κ3) is 2.57. The molecule has 0 saturated heterocycles. The first-order chi connectivity index (χ1) is 10.1. The van der Waals surface area contributed by atoms with E-state index in [4.69, 9.17) is 16.0 Å². The summed E-state index contributed by atoms with van der Waals surface area (Å²) in [4.78, 5) is 16.1. The molecule has 3 rings (SSSR count). The molecule has 0 amide bonds. The highest BCUT2D eigenvalue weighted by Gasteiger charge is 2.12. The van der Waals surface area contributed by atoms with Crippen molar-refractivity contribution in [3.05, 3.63) is 52.9 Å². The number of furan rings is 1. The van der Waals surface area contributed by atoms with E-state index in [0.717, 1.165) is 22.9 Å². The van der Waals surface area contributed by atoms with Crippen molar-refractivity contribution in [2.45, 2.75) is 13.3 Å². The van der Waals surface area contributed by atoms with Gasteiger partial charge in [-0.2, -0.15) is 0 Å². The number of carbonyl (C=O) groups excluding carboxylic acids is 1. The van der Waals surface area contributed by atoms with Crippen molar-refractivity contribution in [2.75, 3.05) is 0 Å². The quantitative estimate of drug-likeness (QED) is 0.707. The maximum absolute atomic E-state index is 11.6. The van der Waals surface area contributed by atoms with Gasteiger partial charge in [-0.25, -0.2) is 0 Å². The molecule has 2 aromatic heterocycles. The Morgan fingerprint density at radius 3 is 2.90 bits per heavy atom. The lowest BCUT2D eigenvalue weighted by molar-refractivity contribution is 0.109. The van der Waals surface area contributed by atoms with Gasteiger partial charge in [0, 0.05) is 22.7 Å². The van der Waals surface area contributed by atoms with Crippen molar-refractivity contribution < 1.29 is 9.21 Å². The lowest BCUT2D eigenvalue weighted by Gasteiger charge is -2.08. The van der Waals surface area contributed by atoms with Crippen LogP contribution >= 0.6 is 24.2 Å². The van der Waals surface area contributed by atoms with E-state index in [0.29, 0.717) is 21.9 Å². The molecule has 0 atom stereocenters. The first kappa shape index (κ1) is 14.2. The molecule has 21 heavy (non-hydrogen) atoms. The summed E-state index contributed by atoms with van der Waals surface area (Å²) in [6.07, 6.45) is 4.04. The van der Waals surface area contributed by atoms with Crippen LogP contribution in [0.2, 0.25) is 5.02 Å². The number of thiol groups is 1. The molecule has 0 radical (unpaired) electrons. The van der Waals surface area contributed by atoms with Crippen molar-refractivity contribution in [3.8, 4) is 11.3 Å². The lowest BCUT2D eigenvalue weighted by atomic mass is 10.0. The SMILES string of the molecule is CCc1cnc(-c2cc(Cl)c3occc3c2)cc1C(=O)S. The Kier molecular flexibility index (Phi) is 3.74. The number of aryl methyl sites for hydroxylation is 1. The van der Waals surface area contributed by atoms with Crippen LogP contribution in [-0.4, -0.2) is 10.1 Å². The van der Waals surface area contributed by atoms with Crippen LogP contribution in [-0.2, 0) is 6.42 Å². The first-order valence-corrected chi connectivity index (χ1v) is 7.32. The van der Waals surface area contributed by atoms with Gasteiger partial charge in [0.05, 0.1) is 17.0 Å². The second kappa shape index (κ2) is 5.54. The van der Waals surface area contributed by atoms with Crippen molar-refractivity contribution >= 4 is 40.3 Å². The summed E-state index contributed by atoms with van der Waals surface area (Å²) < 4.78 is 5.32. The van der Waals surface area contributed by atoms with Crippen LogP contribution in [0.5, 0.6) is 0 Å². The molecular formula is C16H12ClNO2S. The predicted molar refractivity (Wildman–Crippen MR) is 87.1 cm³/mol. The zero-order valence-electron chi connectivity index (χ0n) is 11.3. The molecule has 0 aliphatic rings. The zero-order valence-corrected chi connectivity index (χ0v) is 12.9. The number of rotatable bonds is 3. The van der Waals surface area contributed by atoms with E-state index in [1.807, 2.05) is 19.1 Å². The number of halogens is 1. The van der Waals surface area contributed by atoms with Gasteiger partial charge in [0.2, 0.25) is 5.12 Å². The summed E-state index contributed by atoms with van der Waals surface area (Å²) in [7, 11) is 0. The molecule has 0 aliphatic carbocycles. The minimum absolute atomic E-state index is 0.258. The summed E-state index contributed by atoms with van der Waals surface area (Å²) in [6, 6.07) is 7.32. The number of hydrogen-bond acceptors (Lipinski definition) is 3. The van der Waals surface area contributed by atoms with E-state index in [2.05, 4.69) is 17.6 Å². The van der Waals surface area contributed by atoms with E-state index in [9.17, 15) is 4.79 Å². The molecule has 3 nitrogen and oxygen atoms in total. The fourth-order valence-corrected chi connectivity index (χ4v) is 2.79. The number of aromatic nitrogens is 1. The largest absolute Gasteiger partial charge is 0.463 e. The number of fused-ring (bicyclic) bond motifs is 1. The number of carbonyl (C=O) groups is 1. The highest BCUT2D eigenvalue weighted by molar-refractivity contribution is 7.97. The number of pyridine rings is 1. The monoisotopic (exact) mass is 317 g/mol. The molecule has 2 heterocycles. The molecule has 5 heteroatoms. The van der Waals surface area contributed by atoms with E-state index in [1.54, 1.807) is 24.6 Å². The summed E-state index contributed by atoms with van der Waals surface area (Å²) >= 11 is 10.1. The lowest BCUT2D eigenvalue weighted by Crippen LogP contribution is -1.99. The fraction of sp³-hybridized carbons (Fsp3) is 0.125. The maximum atomic E-state index is 11.6. The minimum Gasteiger partial charge on any atom is -0.463 e. The Morgan fingerprint density at radius 1 is 1.38 bits per heavy atom. The summed E-state index contributed by atoms with van der Waals surface area (Å²) in [5.41, 5.74) is 3.64. The summed E-state index contributed by atoms with van der Waals surface area (Å²) in [6.45, 7) is 1.98. The maximum Gasteiger partial charge on any atom is 0.216 e. The smallest absolute Gasteiger partial charge is 0.216 e. The Bertz CT molecular complexity index is 841. The fourth-order valence-electron chi connectivity index (χ4n) is 2.31. The number of benzene rings is 1. The molecule has 0 N–H and O–H groups in total. The Labute approximate surface area is 132 Å². The van der Waals surface area contributed by atoms with Crippen LogP contribution in [0.15, 0.2) is 41.1 Å². The minimum atomic E-state index is -0.258. The van der Waals surface area contributed by atoms with Gasteiger partial charge in [-0.05, 0) is 36.2 Å². The van der Waals surface area contributed by atoms with Crippen LogP contribution in [0.3, 0.4) is 0 Å². The van der Waals surface area contributed by atoms with Crippen molar-refractivity contribution in [1.82, 2.24) is 4.98 Å². The topological polar surface area (TPSA) is 43.1 Å². The van der Waals surface area contributed by atoms with E-state index >= 15 is 0 Å². The Hall–Kier alpha value is -1.78. The van der Waals surface area contributed by atoms with Crippen LogP contribution in [0.25, 0.3) is 22.2 Å². The number of nitrogens with zero attached hydrogens (tertiary/aromatic N) is 1. The van der Waals surface area contributed by atoms with E-state index in [1.165, 1.54) is 0 Å². The van der Waals surface area contributed by atoms with Crippen LogP contribution in [0.4, 0.5) is 0 Å². The summed E-state index contributed by atoms with van der Waals surface area (Å²) in [5, 5.41) is 1.16. The molecule has 0 spiro atoms. The molecule has 0 fully saturated rings. The van der Waals surface area contributed by atoms with E-state index < -0.39 is 0 Å². The van der Waals surface area contributed by atoms with Crippen molar-refractivity contribution in [1.29, 1.82) is 0 Å². The average Bonchev–Trinajstić information content (AvgIpc) is 2.95. The standard InChI is InChI=1S/C16H12ClNO2S/c1-2-9-8-18-14(7-12(9)16(19)21)11-5-10-3-4-20-15(10)13(17)6-11/h3-8H,2H2,1H3,(H,19,21). The molecule has 0 unspecified atom stereocenters. The van der Waals surface area contributed by atoms with Gasteiger partial charge in [-0.1, -0.05) is 18.5 Å². The molecule has 0 saturated carbocycles. The predicted octanol–water partition coefficient (Wildman–Crippen LogP) is 4.78. The highest BCUT2D eigenvalue weighted by Crippen LogP contribution is 2.31. The molecule has 3 aromatic rings. The normalized spacial score (nSPS) is 11.0. The van der Waals surface area contributed by atoms with E-state index in [-0.39, 0.29) is 5.12 Å². The van der Waals surface area contributed by atoms with Crippen molar-refractivity contribution in [2.24, 2.45) is 0 Å². The van der Waals surface area contributed by atoms with Gasteiger partial charge in [-0.3, -0.25) is 9.78 Å². The third-order valence-electron chi connectivity index (χ3n) is 3.40. The number of hydrogen-bond donors (Lipinski definition) is 1. The van der Waals surface area contributed by atoms with Crippen LogP contribution < -0.4 is 0 Å². The Morgan fingerprint density at radius 2 is 2.19 bits per heavy atom. The molecular weight excluding hydrogens is 306 g/mol. The van der Waals surface area contributed by atoms with Crippen molar-refractivity contribution in [3.63, 3.8) is 0 Å². The van der Waals surface area contributed by atoms with Gasteiger partial charge in [-0.15, -0.1) is 12.6 Å². The Balaban J connectivity index is 2.18. The third-order valence-corrected chi connectivity index (χ3v) is 3.92. The first-order valence-electron chi connectivity index (χ1n) is 6.49. The van der Waals surface area contributed by atoms with Gasteiger partial charge in [0.1, 0.15) is 0 Å². The van der Waals surface area contributed by atoms with Crippen LogP contribution in [0, 0.1) is 0 Å². The van der Waals surface area contributed by atoms with Gasteiger partial charge < -0.3 is 4.42 Å². The second-order valence-electron chi connectivity index (χ2n) is 4.68. The summed E-state index contributed by atoms with van der Waals surface area (Å²) in [5.74, 6) is 0. The molecule has 106 valence electrons. The van der Waals surface area contributed by atoms with Gasteiger partial charge in [0.25, 0.3) is 0 Å². The van der Waals surface area contributed by atoms with Crippen LogP contribution in [0.1, 0.15) is 22.8 Å². The molecule has 1 aromatic carbocycles. The molecule has 0 bridgehead atoms. The van der Waals surface area contributed by atoms with Gasteiger partial charge >= 0.3 is 0 Å². The highest BCUT2D eigenvalue weighted by atomic mass is 35.5. The average molecular weight is 318 g/mol. The van der Waals surface area contributed by atoms with Gasteiger partial charge in [0.15, 0.2) is 5.58 Å². The molecule has 0 aliphatic heterocycles.